The molecule has 15 heavy (non-hydrogen) atoms. The van der Waals surface area contributed by atoms with Gasteiger partial charge in [-0.3, -0.25) is 4.90 Å². The van der Waals surface area contributed by atoms with Crippen molar-refractivity contribution in [3.8, 4) is 0 Å². The molecule has 0 spiro atoms. The maximum absolute atomic E-state index is 12.1. The monoisotopic (exact) mass is 223 g/mol. The minimum absolute atomic E-state index is 0.278. The Morgan fingerprint density at radius 2 is 2.00 bits per heavy atom. The lowest BCUT2D eigenvalue weighted by Crippen LogP contribution is -2.34. The van der Waals surface area contributed by atoms with E-state index in [0.29, 0.717) is 25.9 Å². The molecular weight excluding hydrogens is 207 g/mol. The summed E-state index contributed by atoms with van der Waals surface area (Å²) in [6.45, 7) is 0.133. The van der Waals surface area contributed by atoms with Crippen LogP contribution in [-0.2, 0) is 4.79 Å². The van der Waals surface area contributed by atoms with Gasteiger partial charge in [-0.15, -0.1) is 0 Å². The van der Waals surface area contributed by atoms with Gasteiger partial charge in [0.2, 0.25) is 0 Å². The summed E-state index contributed by atoms with van der Waals surface area (Å²) in [4.78, 5) is 11.7. The second-order valence-electron chi connectivity index (χ2n) is 4.09. The largest absolute Gasteiger partial charge is 0.401 e. The normalized spacial score (nSPS) is 24.9. The number of hydrogen-bond donors (Lipinski definition) is 0. The van der Waals surface area contributed by atoms with Crippen molar-refractivity contribution in [2.75, 3.05) is 19.6 Å². The van der Waals surface area contributed by atoms with Gasteiger partial charge in [-0.05, 0) is 38.3 Å². The minimum Gasteiger partial charge on any atom is -0.303 e. The fourth-order valence-corrected chi connectivity index (χ4v) is 2.01. The summed E-state index contributed by atoms with van der Waals surface area (Å²) < 4.78 is 36.4. The van der Waals surface area contributed by atoms with E-state index in [1.807, 2.05) is 0 Å². The van der Waals surface area contributed by atoms with E-state index in [4.69, 9.17) is 0 Å². The van der Waals surface area contributed by atoms with Crippen molar-refractivity contribution in [1.82, 2.24) is 4.90 Å². The van der Waals surface area contributed by atoms with Gasteiger partial charge in [-0.2, -0.15) is 13.2 Å². The van der Waals surface area contributed by atoms with Gasteiger partial charge in [0.25, 0.3) is 0 Å². The van der Waals surface area contributed by atoms with E-state index in [9.17, 15) is 18.0 Å². The Bertz CT molecular complexity index is 205. The molecule has 0 aromatic carbocycles. The van der Waals surface area contributed by atoms with E-state index in [1.54, 1.807) is 0 Å². The molecule has 1 saturated heterocycles. The van der Waals surface area contributed by atoms with E-state index >= 15 is 0 Å². The van der Waals surface area contributed by atoms with Crippen molar-refractivity contribution in [1.29, 1.82) is 0 Å². The molecule has 0 saturated carbocycles. The van der Waals surface area contributed by atoms with Crippen LogP contribution in [-0.4, -0.2) is 37.0 Å². The van der Waals surface area contributed by atoms with Crippen molar-refractivity contribution < 1.29 is 18.0 Å². The third kappa shape index (κ3) is 5.16. The molecule has 1 atom stereocenters. The van der Waals surface area contributed by atoms with Gasteiger partial charge in [0, 0.05) is 6.42 Å². The van der Waals surface area contributed by atoms with Gasteiger partial charge in [0.15, 0.2) is 0 Å². The van der Waals surface area contributed by atoms with Crippen molar-refractivity contribution >= 4 is 6.29 Å². The third-order valence-corrected chi connectivity index (χ3v) is 2.77. The molecule has 0 aliphatic carbocycles. The quantitative estimate of drug-likeness (QED) is 0.684. The number of rotatable bonds is 3. The van der Waals surface area contributed by atoms with Crippen LogP contribution in [0.4, 0.5) is 13.2 Å². The van der Waals surface area contributed by atoms with E-state index in [0.717, 1.165) is 19.1 Å². The predicted octanol–water partition coefficient (Wildman–Crippen LogP) is 2.24. The summed E-state index contributed by atoms with van der Waals surface area (Å²) in [5.74, 6) is 0.278. The highest BCUT2D eigenvalue weighted by molar-refractivity contribution is 5.49. The Labute approximate surface area is 87.4 Å². The van der Waals surface area contributed by atoms with Gasteiger partial charge in [0.05, 0.1) is 6.54 Å². The Morgan fingerprint density at radius 1 is 1.27 bits per heavy atom. The fraction of sp³-hybridized carbons (Fsp3) is 0.900. The predicted molar refractivity (Wildman–Crippen MR) is 50.5 cm³/mol. The van der Waals surface area contributed by atoms with Crippen LogP contribution in [0.15, 0.2) is 0 Å². The van der Waals surface area contributed by atoms with Gasteiger partial charge < -0.3 is 4.79 Å². The molecule has 5 heteroatoms. The van der Waals surface area contributed by atoms with E-state index in [-0.39, 0.29) is 5.92 Å². The number of alkyl halides is 3. The molecule has 0 radical (unpaired) electrons. The Morgan fingerprint density at radius 3 is 2.60 bits per heavy atom. The van der Waals surface area contributed by atoms with Crippen LogP contribution >= 0.6 is 0 Å². The second-order valence-corrected chi connectivity index (χ2v) is 4.09. The molecule has 1 aliphatic heterocycles. The molecule has 0 N–H and O–H groups in total. The number of nitrogens with zero attached hydrogens (tertiary/aromatic N) is 1. The molecule has 0 aromatic rings. The average Bonchev–Trinajstić information content (AvgIpc) is 2.29. The van der Waals surface area contributed by atoms with Crippen LogP contribution in [0.1, 0.15) is 25.7 Å². The first-order chi connectivity index (χ1) is 7.01. The molecule has 1 fully saturated rings. The van der Waals surface area contributed by atoms with Crippen molar-refractivity contribution in [2.45, 2.75) is 31.9 Å². The molecule has 1 unspecified atom stereocenters. The molecule has 1 heterocycles. The van der Waals surface area contributed by atoms with Gasteiger partial charge in [-0.1, -0.05) is 0 Å². The summed E-state index contributed by atoms with van der Waals surface area (Å²) in [5, 5.41) is 0. The molecule has 2 nitrogen and oxygen atoms in total. The van der Waals surface area contributed by atoms with E-state index < -0.39 is 12.7 Å². The Kier molecular flexibility index (Phi) is 4.57. The zero-order valence-corrected chi connectivity index (χ0v) is 8.59. The highest BCUT2D eigenvalue weighted by Gasteiger charge is 2.31. The first kappa shape index (κ1) is 12.5. The van der Waals surface area contributed by atoms with Crippen LogP contribution in [0.2, 0.25) is 0 Å². The summed E-state index contributed by atoms with van der Waals surface area (Å²) in [7, 11) is 0. The number of hydrogen-bond acceptors (Lipinski definition) is 2. The Balaban J connectivity index is 2.35. The first-order valence-electron chi connectivity index (χ1n) is 5.24. The number of aldehydes is 1. The molecular formula is C10H16F3NO. The molecule has 0 aromatic heterocycles. The summed E-state index contributed by atoms with van der Waals surface area (Å²) in [6.07, 6.45) is -0.426. The van der Waals surface area contributed by atoms with Crippen molar-refractivity contribution in [2.24, 2.45) is 5.92 Å². The maximum Gasteiger partial charge on any atom is 0.401 e. The van der Waals surface area contributed by atoms with Crippen LogP contribution in [0.25, 0.3) is 0 Å². The number of carbonyl (C=O) groups is 1. The highest BCUT2D eigenvalue weighted by Crippen LogP contribution is 2.23. The topological polar surface area (TPSA) is 20.3 Å². The van der Waals surface area contributed by atoms with Crippen LogP contribution in [0.5, 0.6) is 0 Å². The zero-order chi connectivity index (χ0) is 11.3. The molecule has 1 rings (SSSR count). The first-order valence-corrected chi connectivity index (χ1v) is 5.24. The third-order valence-electron chi connectivity index (χ3n) is 2.77. The van der Waals surface area contributed by atoms with E-state index in [2.05, 4.69) is 0 Å². The second kappa shape index (κ2) is 5.49. The average molecular weight is 223 g/mol. The smallest absolute Gasteiger partial charge is 0.303 e. The zero-order valence-electron chi connectivity index (χ0n) is 8.59. The summed E-state index contributed by atoms with van der Waals surface area (Å²) >= 11 is 0. The number of likely N-dealkylation sites (tertiary alicyclic amines) is 1. The summed E-state index contributed by atoms with van der Waals surface area (Å²) in [5.41, 5.74) is 0. The van der Waals surface area contributed by atoms with Crippen molar-refractivity contribution in [3.05, 3.63) is 0 Å². The number of carbonyl (C=O) groups excluding carboxylic acids is 1. The van der Waals surface area contributed by atoms with Gasteiger partial charge >= 0.3 is 6.18 Å². The van der Waals surface area contributed by atoms with E-state index in [1.165, 1.54) is 4.90 Å². The van der Waals surface area contributed by atoms with Crippen LogP contribution in [0.3, 0.4) is 0 Å². The molecule has 0 bridgehead atoms. The summed E-state index contributed by atoms with van der Waals surface area (Å²) in [6, 6.07) is 0. The molecule has 1 aliphatic rings. The van der Waals surface area contributed by atoms with Crippen LogP contribution in [0, 0.1) is 5.92 Å². The Hall–Kier alpha value is -0.580. The molecule has 0 amide bonds. The van der Waals surface area contributed by atoms with Gasteiger partial charge in [-0.25, -0.2) is 0 Å². The van der Waals surface area contributed by atoms with Crippen molar-refractivity contribution in [3.63, 3.8) is 0 Å². The maximum atomic E-state index is 12.1. The minimum atomic E-state index is -4.11. The van der Waals surface area contributed by atoms with Crippen LogP contribution < -0.4 is 0 Å². The highest BCUT2D eigenvalue weighted by atomic mass is 19.4. The van der Waals surface area contributed by atoms with Gasteiger partial charge in [0.1, 0.15) is 6.29 Å². The fourth-order valence-electron chi connectivity index (χ4n) is 2.01. The molecule has 88 valence electrons. The lowest BCUT2D eigenvalue weighted by atomic mass is 9.98. The SMILES string of the molecule is O=CCC1CCCN(CC(F)(F)F)CC1. The standard InChI is InChI=1S/C10H16F3NO/c11-10(12,13)8-14-5-1-2-9(3-6-14)4-7-15/h7,9H,1-6,8H2. The lowest BCUT2D eigenvalue weighted by Gasteiger charge is -2.21. The lowest BCUT2D eigenvalue weighted by molar-refractivity contribution is -0.145. The number of halogens is 3.